The van der Waals surface area contributed by atoms with Gasteiger partial charge in [0.05, 0.1) is 13.7 Å². The summed E-state index contributed by atoms with van der Waals surface area (Å²) < 4.78 is 10.4. The van der Waals surface area contributed by atoms with Gasteiger partial charge in [0.1, 0.15) is 18.5 Å². The first-order valence-electron chi connectivity index (χ1n) is 9.77. The Morgan fingerprint density at radius 2 is 2.14 bits per heavy atom. The topological polar surface area (TPSA) is 95.4 Å². The lowest BCUT2D eigenvalue weighted by Crippen LogP contribution is -2.50. The van der Waals surface area contributed by atoms with Gasteiger partial charge in [0.25, 0.3) is 0 Å². The minimum Gasteiger partial charge on any atom is -0.491 e. The van der Waals surface area contributed by atoms with E-state index in [1.807, 2.05) is 38.1 Å². The van der Waals surface area contributed by atoms with Crippen LogP contribution in [0.25, 0.3) is 0 Å². The smallest absolute Gasteiger partial charge is 0.409 e. The molecule has 1 aromatic carbocycles. The predicted molar refractivity (Wildman–Crippen MR) is 109 cm³/mol. The number of amides is 1. The van der Waals surface area contributed by atoms with Crippen molar-refractivity contribution in [2.75, 3.05) is 39.9 Å². The Morgan fingerprint density at radius 3 is 2.79 bits per heavy atom. The Kier molecular flexibility index (Phi) is 8.87. The number of carbonyl (C=O) groups is 1. The number of aryl methyl sites for hydroxylation is 1. The number of carbonyl (C=O) groups excluding carboxylic acids is 1. The van der Waals surface area contributed by atoms with Crippen LogP contribution in [0.3, 0.4) is 0 Å². The third-order valence-electron chi connectivity index (χ3n) is 4.50. The molecule has 0 aromatic heterocycles. The van der Waals surface area contributed by atoms with Crippen LogP contribution in [0, 0.1) is 6.92 Å². The van der Waals surface area contributed by atoms with Crippen LogP contribution in [-0.2, 0) is 4.74 Å². The molecular weight excluding hydrogens is 360 g/mol. The van der Waals surface area contributed by atoms with Gasteiger partial charge in [-0.15, -0.1) is 0 Å². The summed E-state index contributed by atoms with van der Waals surface area (Å²) in [5.74, 6) is 1.40. The van der Waals surface area contributed by atoms with Crippen molar-refractivity contribution in [2.24, 2.45) is 4.99 Å². The van der Waals surface area contributed by atoms with Crippen LogP contribution in [0.1, 0.15) is 25.3 Å². The van der Waals surface area contributed by atoms with E-state index in [0.29, 0.717) is 19.0 Å². The van der Waals surface area contributed by atoms with E-state index in [1.165, 1.54) is 7.11 Å². The van der Waals surface area contributed by atoms with Crippen LogP contribution >= 0.6 is 0 Å². The second-order valence-corrected chi connectivity index (χ2v) is 6.88. The van der Waals surface area contributed by atoms with Gasteiger partial charge in [0.15, 0.2) is 5.96 Å². The summed E-state index contributed by atoms with van der Waals surface area (Å²) in [6.45, 7) is 6.44. The van der Waals surface area contributed by atoms with Crippen LogP contribution in [0.5, 0.6) is 5.75 Å². The molecule has 0 aliphatic carbocycles. The number of hydrogen-bond donors (Lipinski definition) is 3. The number of hydrogen-bond acceptors (Lipinski definition) is 5. The molecule has 1 saturated heterocycles. The molecule has 8 nitrogen and oxygen atoms in total. The number of aliphatic hydroxyl groups is 1. The molecule has 1 unspecified atom stereocenters. The summed E-state index contributed by atoms with van der Waals surface area (Å²) >= 11 is 0. The normalized spacial score (nSPS) is 16.4. The van der Waals surface area contributed by atoms with E-state index in [-0.39, 0.29) is 25.3 Å². The van der Waals surface area contributed by atoms with Crippen molar-refractivity contribution >= 4 is 12.1 Å². The highest BCUT2D eigenvalue weighted by atomic mass is 16.5. The number of aliphatic imine (C=N–C) groups is 1. The lowest BCUT2D eigenvalue weighted by molar-refractivity contribution is 0.111. The van der Waals surface area contributed by atoms with Crippen LogP contribution in [0.15, 0.2) is 29.3 Å². The molecule has 156 valence electrons. The van der Waals surface area contributed by atoms with E-state index >= 15 is 0 Å². The standard InChI is InChI=1S/C20H32N4O4/c1-4-21-19(23-16-8-10-24(11-9-16)20(26)27-3)22-13-17(25)14-28-18-7-5-6-15(2)12-18/h5-7,12,16-17,25H,4,8-11,13-14H2,1-3H3,(H2,21,22,23). The summed E-state index contributed by atoms with van der Waals surface area (Å²) in [6.07, 6.45) is 0.657. The minimum atomic E-state index is -0.697. The van der Waals surface area contributed by atoms with Gasteiger partial charge in [-0.1, -0.05) is 12.1 Å². The maximum absolute atomic E-state index is 11.6. The SMILES string of the molecule is CCNC(=NCC(O)COc1cccc(C)c1)NC1CCN(C(=O)OC)CC1. The molecule has 0 radical (unpaired) electrons. The molecule has 1 aromatic rings. The fourth-order valence-corrected chi connectivity index (χ4v) is 3.00. The number of ether oxygens (including phenoxy) is 2. The van der Waals surface area contributed by atoms with E-state index in [0.717, 1.165) is 30.7 Å². The van der Waals surface area contributed by atoms with Crippen molar-refractivity contribution in [2.45, 2.75) is 38.8 Å². The first-order chi connectivity index (χ1) is 13.5. The summed E-state index contributed by atoms with van der Waals surface area (Å²) in [4.78, 5) is 17.7. The van der Waals surface area contributed by atoms with E-state index in [4.69, 9.17) is 9.47 Å². The third kappa shape index (κ3) is 7.26. The Hall–Kier alpha value is -2.48. The number of methoxy groups -OCH3 is 1. The zero-order valence-electron chi connectivity index (χ0n) is 17.0. The summed E-state index contributed by atoms with van der Waals surface area (Å²) in [7, 11) is 1.40. The highest BCUT2D eigenvalue weighted by Gasteiger charge is 2.23. The number of rotatable bonds is 7. The second kappa shape index (κ2) is 11.4. The van der Waals surface area contributed by atoms with Crippen LogP contribution in [0.2, 0.25) is 0 Å². The van der Waals surface area contributed by atoms with Crippen LogP contribution < -0.4 is 15.4 Å². The number of benzene rings is 1. The number of piperidine rings is 1. The van der Waals surface area contributed by atoms with E-state index in [9.17, 15) is 9.90 Å². The molecule has 8 heteroatoms. The molecule has 1 amide bonds. The lowest BCUT2D eigenvalue weighted by Gasteiger charge is -2.32. The van der Waals surface area contributed by atoms with Crippen molar-refractivity contribution < 1.29 is 19.4 Å². The van der Waals surface area contributed by atoms with Gasteiger partial charge in [-0.3, -0.25) is 4.99 Å². The molecule has 1 fully saturated rings. The predicted octanol–water partition coefficient (Wildman–Crippen LogP) is 1.52. The molecule has 2 rings (SSSR count). The van der Waals surface area contributed by atoms with Crippen molar-refractivity contribution in [3.05, 3.63) is 29.8 Å². The minimum absolute atomic E-state index is 0.184. The summed E-state index contributed by atoms with van der Waals surface area (Å²) in [5, 5.41) is 16.8. The van der Waals surface area contributed by atoms with Gasteiger partial charge in [0, 0.05) is 25.7 Å². The number of nitrogens with zero attached hydrogens (tertiary/aromatic N) is 2. The monoisotopic (exact) mass is 392 g/mol. The maximum atomic E-state index is 11.6. The number of likely N-dealkylation sites (tertiary alicyclic amines) is 1. The van der Waals surface area contributed by atoms with Gasteiger partial charge in [-0.2, -0.15) is 0 Å². The Bertz CT molecular complexity index is 645. The number of aliphatic hydroxyl groups excluding tert-OH is 1. The zero-order valence-corrected chi connectivity index (χ0v) is 17.0. The largest absolute Gasteiger partial charge is 0.491 e. The van der Waals surface area contributed by atoms with Crippen molar-refractivity contribution in [1.82, 2.24) is 15.5 Å². The summed E-state index contributed by atoms with van der Waals surface area (Å²) in [6, 6.07) is 7.95. The Labute approximate surface area is 166 Å². The first-order valence-corrected chi connectivity index (χ1v) is 9.77. The molecule has 3 N–H and O–H groups in total. The van der Waals surface area contributed by atoms with E-state index < -0.39 is 6.10 Å². The van der Waals surface area contributed by atoms with Gasteiger partial charge in [-0.05, 0) is 44.4 Å². The molecule has 1 heterocycles. The maximum Gasteiger partial charge on any atom is 0.409 e. The third-order valence-corrected chi connectivity index (χ3v) is 4.50. The fourth-order valence-electron chi connectivity index (χ4n) is 3.00. The molecule has 0 spiro atoms. The van der Waals surface area contributed by atoms with Crippen molar-refractivity contribution in [3.8, 4) is 5.75 Å². The lowest BCUT2D eigenvalue weighted by atomic mass is 10.1. The second-order valence-electron chi connectivity index (χ2n) is 6.88. The Balaban J connectivity index is 1.78. The van der Waals surface area contributed by atoms with Gasteiger partial charge < -0.3 is 30.1 Å². The molecule has 1 aliphatic heterocycles. The molecule has 1 atom stereocenters. The highest BCUT2D eigenvalue weighted by molar-refractivity contribution is 5.80. The van der Waals surface area contributed by atoms with Crippen molar-refractivity contribution in [1.29, 1.82) is 0 Å². The molecular formula is C20H32N4O4. The molecule has 28 heavy (non-hydrogen) atoms. The number of guanidine groups is 1. The highest BCUT2D eigenvalue weighted by Crippen LogP contribution is 2.13. The molecule has 0 bridgehead atoms. The van der Waals surface area contributed by atoms with E-state index in [1.54, 1.807) is 4.90 Å². The van der Waals surface area contributed by atoms with Crippen LogP contribution in [-0.4, -0.2) is 74.1 Å². The van der Waals surface area contributed by atoms with Crippen molar-refractivity contribution in [3.63, 3.8) is 0 Å². The average molecular weight is 393 g/mol. The van der Waals surface area contributed by atoms with E-state index in [2.05, 4.69) is 15.6 Å². The average Bonchev–Trinajstić information content (AvgIpc) is 2.70. The number of nitrogens with one attached hydrogen (secondary N) is 2. The fraction of sp³-hybridized carbons (Fsp3) is 0.600. The Morgan fingerprint density at radius 1 is 1.39 bits per heavy atom. The van der Waals surface area contributed by atoms with Crippen LogP contribution in [0.4, 0.5) is 4.79 Å². The first kappa shape index (κ1) is 21.8. The molecule has 1 aliphatic rings. The summed E-state index contributed by atoms with van der Waals surface area (Å²) in [5.41, 5.74) is 1.11. The van der Waals surface area contributed by atoms with Gasteiger partial charge in [0.2, 0.25) is 0 Å². The van der Waals surface area contributed by atoms with Gasteiger partial charge >= 0.3 is 6.09 Å². The molecule has 0 saturated carbocycles. The zero-order chi connectivity index (χ0) is 20.4. The quantitative estimate of drug-likeness (QED) is 0.481. The van der Waals surface area contributed by atoms with Gasteiger partial charge in [-0.25, -0.2) is 4.79 Å².